The van der Waals surface area contributed by atoms with Crippen LogP contribution in [0.3, 0.4) is 0 Å². The second-order valence-corrected chi connectivity index (χ2v) is 7.95. The molecule has 36 heavy (non-hydrogen) atoms. The van der Waals surface area contributed by atoms with Crippen LogP contribution >= 0.6 is 0 Å². The molecule has 1 unspecified atom stereocenters. The van der Waals surface area contributed by atoms with Crippen LogP contribution in [0.5, 0.6) is 0 Å². The molecule has 0 saturated heterocycles. The van der Waals surface area contributed by atoms with Crippen molar-refractivity contribution in [1.29, 1.82) is 0 Å². The number of ether oxygens (including phenoxy) is 4. The second kappa shape index (κ2) is 19.0. The van der Waals surface area contributed by atoms with Gasteiger partial charge in [-0.25, -0.2) is 4.79 Å². The average Bonchev–Trinajstić information content (AvgIpc) is 2.87. The number of nitrogens with one attached hydrogen (secondary N) is 4. The van der Waals surface area contributed by atoms with Crippen molar-refractivity contribution in [3.8, 4) is 0 Å². The summed E-state index contributed by atoms with van der Waals surface area (Å²) in [5.74, 6) is -1.55. The highest BCUT2D eigenvalue weighted by atomic mass is 16.6. The number of carbonyl (C=O) groups excluding carboxylic acids is 4. The van der Waals surface area contributed by atoms with Gasteiger partial charge < -0.3 is 35.3 Å². The van der Waals surface area contributed by atoms with Gasteiger partial charge in [0.15, 0.2) is 0 Å². The van der Waals surface area contributed by atoms with Gasteiger partial charge in [0.05, 0.1) is 33.0 Å². The third-order valence-electron chi connectivity index (χ3n) is 4.23. The van der Waals surface area contributed by atoms with E-state index in [9.17, 15) is 19.2 Å². The lowest BCUT2D eigenvalue weighted by molar-refractivity contribution is -0.135. The van der Waals surface area contributed by atoms with E-state index in [-0.39, 0.29) is 58.6 Å². The van der Waals surface area contributed by atoms with Gasteiger partial charge in [-0.1, -0.05) is 44.2 Å². The molecule has 6 N–H and O–H groups in total. The first kappa shape index (κ1) is 30.8. The highest BCUT2D eigenvalue weighted by Gasteiger charge is 2.21. The van der Waals surface area contributed by atoms with Crippen LogP contribution in [0.15, 0.2) is 30.3 Å². The predicted molar refractivity (Wildman–Crippen MR) is 129 cm³/mol. The lowest BCUT2D eigenvalue weighted by Gasteiger charge is -2.19. The van der Waals surface area contributed by atoms with E-state index in [0.29, 0.717) is 6.61 Å². The van der Waals surface area contributed by atoms with E-state index in [1.165, 1.54) is 0 Å². The Labute approximate surface area is 210 Å². The zero-order valence-electron chi connectivity index (χ0n) is 20.7. The van der Waals surface area contributed by atoms with E-state index in [0.717, 1.165) is 5.56 Å². The predicted octanol–water partition coefficient (Wildman–Crippen LogP) is -0.790. The van der Waals surface area contributed by atoms with Gasteiger partial charge in [0.1, 0.15) is 19.3 Å². The summed E-state index contributed by atoms with van der Waals surface area (Å²) in [6.45, 7) is 4.57. The molecule has 13 heteroatoms. The van der Waals surface area contributed by atoms with Crippen LogP contribution in [0.2, 0.25) is 0 Å². The number of hydrazine groups is 1. The zero-order chi connectivity index (χ0) is 26.6. The molecule has 1 aromatic carbocycles. The number of alkyl carbamates (subject to hydrolysis) is 1. The molecule has 4 amide bonds. The Morgan fingerprint density at radius 3 is 2.31 bits per heavy atom. The standard InChI is InChI=1S/C23H37N5O8/c1-17(2)13-35-15-19(22(31)28-27-20(29)12-24)26-21(30)16-34-11-10-33-9-8-25-23(32)36-14-18-6-4-3-5-7-18/h3-7,17,19H,8-16,24H2,1-2H3,(H,25,32)(H,26,30)(H,27,29)(H,28,31). The summed E-state index contributed by atoms with van der Waals surface area (Å²) < 4.78 is 21.1. The summed E-state index contributed by atoms with van der Waals surface area (Å²) in [6.07, 6.45) is -0.547. The molecule has 0 aliphatic heterocycles. The molecular weight excluding hydrogens is 474 g/mol. The Kier molecular flexibility index (Phi) is 16.2. The first-order chi connectivity index (χ1) is 17.3. The van der Waals surface area contributed by atoms with Crippen molar-refractivity contribution >= 4 is 23.8 Å². The summed E-state index contributed by atoms with van der Waals surface area (Å²) in [5, 5.41) is 5.06. The van der Waals surface area contributed by atoms with Crippen molar-refractivity contribution in [3.63, 3.8) is 0 Å². The van der Waals surface area contributed by atoms with Gasteiger partial charge in [-0.2, -0.15) is 0 Å². The molecule has 1 aromatic rings. The van der Waals surface area contributed by atoms with Crippen molar-refractivity contribution in [2.45, 2.75) is 26.5 Å². The van der Waals surface area contributed by atoms with Crippen molar-refractivity contribution in [2.75, 3.05) is 52.7 Å². The van der Waals surface area contributed by atoms with Gasteiger partial charge in [-0.3, -0.25) is 25.2 Å². The topological polar surface area (TPSA) is 179 Å². The molecule has 0 heterocycles. The van der Waals surface area contributed by atoms with Crippen molar-refractivity contribution in [1.82, 2.24) is 21.5 Å². The number of benzene rings is 1. The third-order valence-corrected chi connectivity index (χ3v) is 4.23. The minimum absolute atomic E-state index is 0.0852. The van der Waals surface area contributed by atoms with Gasteiger partial charge in [0, 0.05) is 13.2 Å². The summed E-state index contributed by atoms with van der Waals surface area (Å²) >= 11 is 0. The Morgan fingerprint density at radius 2 is 1.61 bits per heavy atom. The first-order valence-electron chi connectivity index (χ1n) is 11.6. The Morgan fingerprint density at radius 1 is 0.889 bits per heavy atom. The Balaban J connectivity index is 2.17. The largest absolute Gasteiger partial charge is 0.445 e. The maximum absolute atomic E-state index is 12.3. The molecule has 0 bridgehead atoms. The number of hydrogen-bond acceptors (Lipinski definition) is 9. The molecular formula is C23H37N5O8. The normalized spacial score (nSPS) is 11.4. The summed E-state index contributed by atoms with van der Waals surface area (Å²) in [5.41, 5.74) is 10.4. The van der Waals surface area contributed by atoms with Gasteiger partial charge in [0.2, 0.25) is 5.91 Å². The lowest BCUT2D eigenvalue weighted by atomic mass is 10.2. The van der Waals surface area contributed by atoms with Gasteiger partial charge in [-0.15, -0.1) is 0 Å². The average molecular weight is 512 g/mol. The molecule has 13 nitrogen and oxygen atoms in total. The fraction of sp³-hybridized carbons (Fsp3) is 0.565. The molecule has 1 rings (SSSR count). The second-order valence-electron chi connectivity index (χ2n) is 7.95. The van der Waals surface area contributed by atoms with E-state index >= 15 is 0 Å². The number of nitrogens with two attached hydrogens (primary N) is 1. The van der Waals surface area contributed by atoms with Crippen molar-refractivity contribution in [2.24, 2.45) is 11.7 Å². The zero-order valence-corrected chi connectivity index (χ0v) is 20.7. The van der Waals surface area contributed by atoms with Crippen LogP contribution < -0.4 is 27.2 Å². The molecule has 202 valence electrons. The first-order valence-corrected chi connectivity index (χ1v) is 11.6. The van der Waals surface area contributed by atoms with Gasteiger partial charge in [0.25, 0.3) is 11.8 Å². The number of rotatable bonds is 17. The fourth-order valence-electron chi connectivity index (χ4n) is 2.49. The van der Waals surface area contributed by atoms with Crippen LogP contribution in [0, 0.1) is 5.92 Å². The number of hydrogen-bond donors (Lipinski definition) is 5. The molecule has 0 aliphatic carbocycles. The summed E-state index contributed by atoms with van der Waals surface area (Å²) in [7, 11) is 0. The van der Waals surface area contributed by atoms with Crippen LogP contribution in [-0.4, -0.2) is 82.6 Å². The lowest BCUT2D eigenvalue weighted by Crippen LogP contribution is -2.55. The monoisotopic (exact) mass is 511 g/mol. The quantitative estimate of drug-likeness (QED) is 0.132. The van der Waals surface area contributed by atoms with E-state index in [1.54, 1.807) is 0 Å². The van der Waals surface area contributed by atoms with E-state index in [1.807, 2.05) is 44.2 Å². The molecule has 0 saturated carbocycles. The molecule has 0 spiro atoms. The Bertz CT molecular complexity index is 794. The third kappa shape index (κ3) is 15.6. The van der Waals surface area contributed by atoms with E-state index in [4.69, 9.17) is 24.7 Å². The van der Waals surface area contributed by atoms with Crippen molar-refractivity contribution in [3.05, 3.63) is 35.9 Å². The minimum atomic E-state index is -1.04. The van der Waals surface area contributed by atoms with Crippen LogP contribution in [0.25, 0.3) is 0 Å². The van der Waals surface area contributed by atoms with Crippen molar-refractivity contribution < 1.29 is 38.1 Å². The minimum Gasteiger partial charge on any atom is -0.445 e. The fourth-order valence-corrected chi connectivity index (χ4v) is 2.49. The molecule has 0 fully saturated rings. The SMILES string of the molecule is CC(C)COCC(NC(=O)COCCOCCNC(=O)OCc1ccccc1)C(=O)NNC(=O)CN. The van der Waals surface area contributed by atoms with Crippen LogP contribution in [-0.2, 0) is 39.9 Å². The van der Waals surface area contributed by atoms with Crippen LogP contribution in [0.4, 0.5) is 4.79 Å². The highest BCUT2D eigenvalue weighted by Crippen LogP contribution is 2.00. The van der Waals surface area contributed by atoms with E-state index in [2.05, 4.69) is 21.5 Å². The number of carbonyl (C=O) groups is 4. The maximum atomic E-state index is 12.3. The summed E-state index contributed by atoms with van der Waals surface area (Å²) in [4.78, 5) is 47.2. The highest BCUT2D eigenvalue weighted by molar-refractivity contribution is 5.89. The maximum Gasteiger partial charge on any atom is 0.407 e. The molecule has 0 radical (unpaired) electrons. The molecule has 0 aromatic heterocycles. The smallest absolute Gasteiger partial charge is 0.407 e. The molecule has 0 aliphatic rings. The molecule has 1 atom stereocenters. The van der Waals surface area contributed by atoms with Gasteiger partial charge >= 0.3 is 6.09 Å². The Hall–Kier alpha value is -3.26. The van der Waals surface area contributed by atoms with E-state index < -0.39 is 29.9 Å². The van der Waals surface area contributed by atoms with Gasteiger partial charge in [-0.05, 0) is 11.5 Å². The summed E-state index contributed by atoms with van der Waals surface area (Å²) in [6, 6.07) is 8.27. The van der Waals surface area contributed by atoms with Crippen LogP contribution in [0.1, 0.15) is 19.4 Å². The number of amides is 4.